The summed E-state index contributed by atoms with van der Waals surface area (Å²) >= 11 is 0. The number of guanidine groups is 1. The summed E-state index contributed by atoms with van der Waals surface area (Å²) < 4.78 is 15.9. The molecule has 0 amide bonds. The van der Waals surface area contributed by atoms with Gasteiger partial charge in [-0.15, -0.1) is 0 Å². The van der Waals surface area contributed by atoms with Crippen molar-refractivity contribution in [2.75, 3.05) is 35.4 Å². The second-order valence-electron chi connectivity index (χ2n) is 5.78. The summed E-state index contributed by atoms with van der Waals surface area (Å²) in [6.07, 6.45) is 0. The first-order chi connectivity index (χ1) is 12.6. The van der Waals surface area contributed by atoms with Gasteiger partial charge in [-0.2, -0.15) is 0 Å². The number of aliphatic imine (C=N–C) groups is 1. The van der Waals surface area contributed by atoms with Crippen molar-refractivity contribution in [1.82, 2.24) is 10.2 Å². The van der Waals surface area contributed by atoms with Gasteiger partial charge < -0.3 is 24.4 Å². The summed E-state index contributed by atoms with van der Waals surface area (Å²) in [5.41, 5.74) is 2.21. The average Bonchev–Trinajstić information content (AvgIpc) is 2.69. The van der Waals surface area contributed by atoms with Gasteiger partial charge >= 0.3 is 0 Å². The van der Waals surface area contributed by atoms with E-state index in [1.807, 2.05) is 37.4 Å². The molecule has 0 atom stereocenters. The number of benzene rings is 2. The van der Waals surface area contributed by atoms with E-state index >= 15 is 0 Å². The van der Waals surface area contributed by atoms with E-state index < -0.39 is 0 Å². The number of hydrogen-bond acceptors (Lipinski definition) is 4. The first-order valence-corrected chi connectivity index (χ1v) is 8.37. The molecule has 0 spiro atoms. The highest BCUT2D eigenvalue weighted by Crippen LogP contribution is 2.24. The van der Waals surface area contributed by atoms with Crippen LogP contribution >= 0.6 is 0 Å². The van der Waals surface area contributed by atoms with E-state index in [-0.39, 0.29) is 0 Å². The van der Waals surface area contributed by atoms with Crippen molar-refractivity contribution in [2.24, 2.45) is 4.99 Å². The Morgan fingerprint density at radius 3 is 2.19 bits per heavy atom. The van der Waals surface area contributed by atoms with Crippen LogP contribution in [0.2, 0.25) is 0 Å². The number of nitrogens with one attached hydrogen (secondary N) is 1. The fourth-order valence-electron chi connectivity index (χ4n) is 2.64. The number of rotatable bonds is 7. The highest BCUT2D eigenvalue weighted by atomic mass is 16.5. The molecule has 6 heteroatoms. The Bertz CT molecular complexity index is 730. The number of methoxy groups -OCH3 is 3. The van der Waals surface area contributed by atoms with Crippen LogP contribution in [0, 0.1) is 0 Å². The molecule has 2 aromatic carbocycles. The van der Waals surface area contributed by atoms with E-state index in [0.29, 0.717) is 6.54 Å². The van der Waals surface area contributed by atoms with Gasteiger partial charge in [0.15, 0.2) is 5.96 Å². The topological polar surface area (TPSA) is 55.3 Å². The van der Waals surface area contributed by atoms with Gasteiger partial charge in [-0.05, 0) is 29.8 Å². The molecular formula is C20H27N3O3. The fourth-order valence-corrected chi connectivity index (χ4v) is 2.64. The molecule has 0 bridgehead atoms. The zero-order valence-electron chi connectivity index (χ0n) is 16.1. The minimum Gasteiger partial charge on any atom is -0.497 e. The molecule has 0 radical (unpaired) electrons. The summed E-state index contributed by atoms with van der Waals surface area (Å²) in [6, 6.07) is 13.8. The van der Waals surface area contributed by atoms with Crippen molar-refractivity contribution >= 4 is 5.96 Å². The number of ether oxygens (including phenoxy) is 3. The van der Waals surface area contributed by atoms with Crippen LogP contribution in [0.5, 0.6) is 17.2 Å². The van der Waals surface area contributed by atoms with Crippen molar-refractivity contribution in [3.05, 3.63) is 53.6 Å². The molecule has 0 heterocycles. The molecule has 140 valence electrons. The highest BCUT2D eigenvalue weighted by molar-refractivity contribution is 5.79. The Balaban J connectivity index is 2.00. The molecule has 0 aliphatic heterocycles. The van der Waals surface area contributed by atoms with Crippen LogP contribution < -0.4 is 19.5 Å². The van der Waals surface area contributed by atoms with E-state index in [2.05, 4.69) is 27.3 Å². The molecule has 0 aromatic heterocycles. The third kappa shape index (κ3) is 5.05. The average molecular weight is 357 g/mol. The number of hydrogen-bond donors (Lipinski definition) is 1. The van der Waals surface area contributed by atoms with Gasteiger partial charge in [-0.1, -0.05) is 12.1 Å². The van der Waals surface area contributed by atoms with Crippen LogP contribution in [-0.4, -0.2) is 46.3 Å². The number of nitrogens with zero attached hydrogens (tertiary/aromatic N) is 2. The second-order valence-corrected chi connectivity index (χ2v) is 5.78. The zero-order valence-corrected chi connectivity index (χ0v) is 16.1. The molecule has 26 heavy (non-hydrogen) atoms. The maximum Gasteiger partial charge on any atom is 0.193 e. The Labute approximate surface area is 155 Å². The van der Waals surface area contributed by atoms with Crippen molar-refractivity contribution < 1.29 is 14.2 Å². The van der Waals surface area contributed by atoms with Crippen LogP contribution in [0.15, 0.2) is 47.5 Å². The van der Waals surface area contributed by atoms with Crippen LogP contribution in [0.25, 0.3) is 0 Å². The minimum absolute atomic E-state index is 0.604. The lowest BCUT2D eigenvalue weighted by Gasteiger charge is -2.23. The highest BCUT2D eigenvalue weighted by Gasteiger charge is 2.10. The Hall–Kier alpha value is -2.89. The van der Waals surface area contributed by atoms with Gasteiger partial charge in [0.1, 0.15) is 17.2 Å². The predicted octanol–water partition coefficient (Wildman–Crippen LogP) is 2.92. The lowest BCUT2D eigenvalue weighted by Crippen LogP contribution is -2.38. The summed E-state index contributed by atoms with van der Waals surface area (Å²) in [6.45, 7) is 1.34. The predicted molar refractivity (Wildman–Crippen MR) is 104 cm³/mol. The SMILES string of the molecule is CN=C(NCc1ccc(OC)cc1OC)N(C)Cc1ccc(OC)cc1. The lowest BCUT2D eigenvalue weighted by molar-refractivity contribution is 0.390. The van der Waals surface area contributed by atoms with Gasteiger partial charge in [0.05, 0.1) is 21.3 Å². The first-order valence-electron chi connectivity index (χ1n) is 8.37. The van der Waals surface area contributed by atoms with Crippen molar-refractivity contribution in [3.8, 4) is 17.2 Å². The van der Waals surface area contributed by atoms with Gasteiger partial charge in [-0.25, -0.2) is 0 Å². The molecule has 2 rings (SSSR count). The van der Waals surface area contributed by atoms with Gasteiger partial charge in [0.25, 0.3) is 0 Å². The van der Waals surface area contributed by atoms with Gasteiger partial charge in [-0.3, -0.25) is 4.99 Å². The quantitative estimate of drug-likeness (QED) is 0.610. The Kier molecular flexibility index (Phi) is 7.14. The third-order valence-corrected chi connectivity index (χ3v) is 4.08. The van der Waals surface area contributed by atoms with E-state index in [4.69, 9.17) is 14.2 Å². The molecular weight excluding hydrogens is 330 g/mol. The molecule has 0 aliphatic carbocycles. The van der Waals surface area contributed by atoms with Crippen LogP contribution in [-0.2, 0) is 13.1 Å². The summed E-state index contributed by atoms with van der Waals surface area (Å²) in [5, 5.41) is 3.37. The summed E-state index contributed by atoms with van der Waals surface area (Å²) in [5.74, 6) is 3.21. The van der Waals surface area contributed by atoms with E-state index in [9.17, 15) is 0 Å². The largest absolute Gasteiger partial charge is 0.497 e. The Morgan fingerprint density at radius 1 is 0.962 bits per heavy atom. The van der Waals surface area contributed by atoms with E-state index in [1.165, 1.54) is 5.56 Å². The maximum absolute atomic E-state index is 5.45. The molecule has 0 fully saturated rings. The van der Waals surface area contributed by atoms with Crippen LogP contribution in [0.1, 0.15) is 11.1 Å². The molecule has 2 aromatic rings. The monoisotopic (exact) mass is 357 g/mol. The fraction of sp³-hybridized carbons (Fsp3) is 0.350. The zero-order chi connectivity index (χ0) is 18.9. The molecule has 0 saturated heterocycles. The normalized spacial score (nSPS) is 11.0. The molecule has 1 N–H and O–H groups in total. The van der Waals surface area contributed by atoms with Crippen molar-refractivity contribution in [1.29, 1.82) is 0 Å². The van der Waals surface area contributed by atoms with E-state index in [0.717, 1.165) is 35.3 Å². The smallest absolute Gasteiger partial charge is 0.193 e. The Morgan fingerprint density at radius 2 is 1.62 bits per heavy atom. The van der Waals surface area contributed by atoms with Crippen LogP contribution in [0.4, 0.5) is 0 Å². The van der Waals surface area contributed by atoms with Crippen molar-refractivity contribution in [2.45, 2.75) is 13.1 Å². The van der Waals surface area contributed by atoms with Crippen molar-refractivity contribution in [3.63, 3.8) is 0 Å². The standard InChI is InChI=1S/C20H27N3O3/c1-21-20(23(2)14-15-6-9-17(24-3)10-7-15)22-13-16-8-11-18(25-4)12-19(16)26-5/h6-12H,13-14H2,1-5H3,(H,21,22). The molecule has 0 unspecified atom stereocenters. The van der Waals surface area contributed by atoms with Gasteiger partial charge in [0, 0.05) is 38.8 Å². The summed E-state index contributed by atoms with van der Waals surface area (Å²) in [7, 11) is 8.74. The van der Waals surface area contributed by atoms with Gasteiger partial charge in [0.2, 0.25) is 0 Å². The third-order valence-electron chi connectivity index (χ3n) is 4.08. The molecule has 6 nitrogen and oxygen atoms in total. The lowest BCUT2D eigenvalue weighted by atomic mass is 10.2. The minimum atomic E-state index is 0.604. The first kappa shape index (κ1) is 19.4. The van der Waals surface area contributed by atoms with E-state index in [1.54, 1.807) is 28.4 Å². The maximum atomic E-state index is 5.45. The van der Waals surface area contributed by atoms with Crippen LogP contribution in [0.3, 0.4) is 0 Å². The molecule has 0 aliphatic rings. The second kappa shape index (κ2) is 9.56. The summed E-state index contributed by atoms with van der Waals surface area (Å²) in [4.78, 5) is 6.43. The molecule has 0 saturated carbocycles.